The molecule has 4 aromatic rings. The maximum absolute atomic E-state index is 14.9. The summed E-state index contributed by atoms with van der Waals surface area (Å²) in [6.45, 7) is 1.59. The Hall–Kier alpha value is -4.48. The van der Waals surface area contributed by atoms with E-state index in [1.807, 2.05) is 67.8 Å². The predicted molar refractivity (Wildman–Crippen MR) is 198 cm³/mol. The highest BCUT2D eigenvalue weighted by Gasteiger charge is 2.36. The summed E-state index contributed by atoms with van der Waals surface area (Å²) in [6.07, 6.45) is 5.98. The lowest BCUT2D eigenvalue weighted by Gasteiger charge is -2.34. The van der Waals surface area contributed by atoms with Gasteiger partial charge < -0.3 is 19.7 Å². The summed E-state index contributed by atoms with van der Waals surface area (Å²) in [5.41, 5.74) is 1.84. The van der Waals surface area contributed by atoms with Gasteiger partial charge in [0.1, 0.15) is 24.1 Å². The Morgan fingerprint density at radius 3 is 2.26 bits per heavy atom. The summed E-state index contributed by atoms with van der Waals surface area (Å²) < 4.78 is 41.5. The third kappa shape index (κ3) is 9.19. The number of nitrogens with one attached hydrogen (secondary N) is 1. The van der Waals surface area contributed by atoms with Gasteiger partial charge in [-0.15, -0.1) is 11.8 Å². The van der Waals surface area contributed by atoms with Gasteiger partial charge in [0.25, 0.3) is 10.0 Å². The number of sulfonamides is 1. The molecule has 11 heteroatoms. The molecule has 2 amide bonds. The zero-order chi connectivity index (χ0) is 35.5. The van der Waals surface area contributed by atoms with Crippen molar-refractivity contribution in [3.05, 3.63) is 114 Å². The highest BCUT2D eigenvalue weighted by molar-refractivity contribution is 7.98. The maximum Gasteiger partial charge on any atom is 0.264 e. The maximum atomic E-state index is 14.9. The molecule has 1 saturated carbocycles. The number of benzene rings is 4. The minimum atomic E-state index is -4.28. The summed E-state index contributed by atoms with van der Waals surface area (Å²) in [5.74, 6) is 0.124. The number of carbonyl (C=O) groups is 2. The van der Waals surface area contributed by atoms with Crippen LogP contribution < -0.4 is 19.1 Å². The van der Waals surface area contributed by atoms with Crippen molar-refractivity contribution in [2.75, 3.05) is 30.8 Å². The first-order chi connectivity index (χ1) is 24.2. The molecule has 1 N–H and O–H groups in total. The van der Waals surface area contributed by atoms with E-state index in [-0.39, 0.29) is 35.5 Å². The SMILES string of the molecule is CCOc1ccccc1N(CC(=O)N(Cc1cccc(OC)c1)C(Cc1ccccc1)C(=O)NC1CCCC1)S(=O)(=O)c1ccc(SC)cc1. The second-order valence-corrected chi connectivity index (χ2v) is 14.9. The predicted octanol–water partition coefficient (Wildman–Crippen LogP) is 6.71. The van der Waals surface area contributed by atoms with Crippen molar-refractivity contribution in [1.82, 2.24) is 10.2 Å². The van der Waals surface area contributed by atoms with Gasteiger partial charge in [-0.1, -0.05) is 67.4 Å². The second-order valence-electron chi connectivity index (χ2n) is 12.2. The van der Waals surface area contributed by atoms with Gasteiger partial charge in [0.2, 0.25) is 11.8 Å². The molecule has 1 unspecified atom stereocenters. The van der Waals surface area contributed by atoms with Crippen molar-refractivity contribution in [2.24, 2.45) is 0 Å². The van der Waals surface area contributed by atoms with Crippen LogP contribution in [-0.2, 0) is 32.6 Å². The molecule has 9 nitrogen and oxygen atoms in total. The fraction of sp³-hybridized carbons (Fsp3) is 0.333. The Balaban J connectivity index is 1.60. The Kier molecular flexibility index (Phi) is 12.8. The van der Waals surface area contributed by atoms with E-state index in [4.69, 9.17) is 9.47 Å². The Labute approximate surface area is 300 Å². The van der Waals surface area contributed by atoms with Crippen LogP contribution in [0.5, 0.6) is 11.5 Å². The van der Waals surface area contributed by atoms with Gasteiger partial charge in [-0.25, -0.2) is 8.42 Å². The van der Waals surface area contributed by atoms with E-state index in [2.05, 4.69) is 5.32 Å². The zero-order valence-electron chi connectivity index (χ0n) is 28.8. The van der Waals surface area contributed by atoms with Crippen LogP contribution in [0.15, 0.2) is 113 Å². The van der Waals surface area contributed by atoms with Crippen LogP contribution in [0.4, 0.5) is 5.69 Å². The molecule has 50 heavy (non-hydrogen) atoms. The second kappa shape index (κ2) is 17.4. The number of carbonyl (C=O) groups excluding carboxylic acids is 2. The lowest BCUT2D eigenvalue weighted by Crippen LogP contribution is -2.54. The van der Waals surface area contributed by atoms with Crippen LogP contribution in [0.1, 0.15) is 43.7 Å². The molecule has 0 radical (unpaired) electrons. The van der Waals surface area contributed by atoms with Gasteiger partial charge in [-0.05, 0) is 85.7 Å². The van der Waals surface area contributed by atoms with Crippen LogP contribution in [0.25, 0.3) is 0 Å². The van der Waals surface area contributed by atoms with Crippen molar-refractivity contribution in [3.8, 4) is 11.5 Å². The summed E-state index contributed by atoms with van der Waals surface area (Å²) >= 11 is 1.50. The van der Waals surface area contributed by atoms with Crippen LogP contribution in [0.3, 0.4) is 0 Å². The third-order valence-electron chi connectivity index (χ3n) is 8.82. The highest BCUT2D eigenvalue weighted by Crippen LogP contribution is 2.33. The fourth-order valence-electron chi connectivity index (χ4n) is 6.22. The van der Waals surface area contributed by atoms with Gasteiger partial charge >= 0.3 is 0 Å². The minimum Gasteiger partial charge on any atom is -0.497 e. The highest BCUT2D eigenvalue weighted by atomic mass is 32.2. The number of amides is 2. The van der Waals surface area contributed by atoms with Crippen LogP contribution in [0.2, 0.25) is 0 Å². The first kappa shape index (κ1) is 36.8. The molecule has 0 bridgehead atoms. The number of nitrogens with zero attached hydrogens (tertiary/aromatic N) is 2. The summed E-state index contributed by atoms with van der Waals surface area (Å²) in [4.78, 5) is 31.6. The van der Waals surface area contributed by atoms with E-state index in [9.17, 15) is 18.0 Å². The quantitative estimate of drug-likeness (QED) is 0.129. The lowest BCUT2D eigenvalue weighted by atomic mass is 10.0. The average Bonchev–Trinajstić information content (AvgIpc) is 3.66. The molecular weight excluding hydrogens is 671 g/mol. The summed E-state index contributed by atoms with van der Waals surface area (Å²) in [6, 6.07) is 29.3. The first-order valence-electron chi connectivity index (χ1n) is 16.9. The van der Waals surface area contributed by atoms with E-state index >= 15 is 0 Å². The Morgan fingerprint density at radius 2 is 1.58 bits per heavy atom. The zero-order valence-corrected chi connectivity index (χ0v) is 30.4. The molecule has 1 fully saturated rings. The smallest absolute Gasteiger partial charge is 0.264 e. The van der Waals surface area contributed by atoms with Crippen molar-refractivity contribution >= 4 is 39.3 Å². The molecule has 0 aromatic heterocycles. The Morgan fingerprint density at radius 1 is 0.900 bits per heavy atom. The van der Waals surface area contributed by atoms with Gasteiger partial charge in [-0.2, -0.15) is 0 Å². The van der Waals surface area contributed by atoms with Crippen molar-refractivity contribution in [3.63, 3.8) is 0 Å². The monoisotopic (exact) mass is 715 g/mol. The molecule has 1 atom stereocenters. The standard InChI is InChI=1S/C39H45N3O6S2/c1-4-48-37-20-11-10-19-35(37)42(50(45,46)34-23-21-33(49-3)22-24-34)28-38(43)41(27-30-15-12-18-32(25-30)47-2)36(26-29-13-6-5-7-14-29)39(44)40-31-16-8-9-17-31/h5-7,10-15,18-25,31,36H,4,8-9,16-17,26-28H2,1-3H3,(H,40,44). The molecule has 0 spiro atoms. The summed E-state index contributed by atoms with van der Waals surface area (Å²) in [5, 5.41) is 3.21. The lowest BCUT2D eigenvalue weighted by molar-refractivity contribution is -0.140. The molecule has 264 valence electrons. The molecule has 0 aliphatic heterocycles. The van der Waals surface area contributed by atoms with Gasteiger partial charge in [0.05, 0.1) is 24.3 Å². The van der Waals surface area contributed by atoms with E-state index in [1.54, 1.807) is 55.6 Å². The third-order valence-corrected chi connectivity index (χ3v) is 11.3. The van der Waals surface area contributed by atoms with Crippen molar-refractivity contribution in [2.45, 2.75) is 67.4 Å². The largest absolute Gasteiger partial charge is 0.497 e. The number of hydrogen-bond acceptors (Lipinski definition) is 7. The minimum absolute atomic E-state index is 0.0220. The van der Waals surface area contributed by atoms with E-state index in [0.717, 1.165) is 46.0 Å². The average molecular weight is 716 g/mol. The molecule has 0 saturated heterocycles. The number of anilines is 1. The molecule has 1 aliphatic rings. The number of thioether (sulfide) groups is 1. The number of para-hydroxylation sites is 2. The first-order valence-corrected chi connectivity index (χ1v) is 19.5. The Bertz CT molecular complexity index is 1830. The van der Waals surface area contributed by atoms with Crippen LogP contribution in [0, 0.1) is 0 Å². The van der Waals surface area contributed by atoms with E-state index in [0.29, 0.717) is 18.1 Å². The normalized spacial score (nSPS) is 13.7. The molecular formula is C39H45N3O6S2. The van der Waals surface area contributed by atoms with Gasteiger partial charge in [0, 0.05) is 23.9 Å². The van der Waals surface area contributed by atoms with Gasteiger partial charge in [-0.3, -0.25) is 13.9 Å². The molecule has 0 heterocycles. The van der Waals surface area contributed by atoms with Crippen LogP contribution >= 0.6 is 11.8 Å². The number of ether oxygens (including phenoxy) is 2. The summed E-state index contributed by atoms with van der Waals surface area (Å²) in [7, 11) is -2.71. The number of hydrogen-bond donors (Lipinski definition) is 1. The van der Waals surface area contributed by atoms with Crippen molar-refractivity contribution in [1.29, 1.82) is 0 Å². The van der Waals surface area contributed by atoms with Crippen LogP contribution in [-0.4, -0.2) is 63.7 Å². The molecule has 1 aliphatic carbocycles. The molecule has 5 rings (SSSR count). The van der Waals surface area contributed by atoms with Crippen molar-refractivity contribution < 1.29 is 27.5 Å². The number of methoxy groups -OCH3 is 1. The van der Waals surface area contributed by atoms with Gasteiger partial charge in [0.15, 0.2) is 0 Å². The van der Waals surface area contributed by atoms with E-state index < -0.39 is 28.5 Å². The fourth-order valence-corrected chi connectivity index (χ4v) is 8.05. The van der Waals surface area contributed by atoms with E-state index in [1.165, 1.54) is 16.7 Å². The topological polar surface area (TPSA) is 105 Å². The molecule has 4 aromatic carbocycles. The number of rotatable bonds is 16.